The van der Waals surface area contributed by atoms with Gasteiger partial charge in [-0.25, -0.2) is 0 Å². The maximum absolute atomic E-state index is 9.62. The minimum Gasteiger partial charge on any atom is -0.508 e. The molecule has 0 bridgehead atoms. The van der Waals surface area contributed by atoms with Crippen molar-refractivity contribution in [3.05, 3.63) is 22.7 Å². The molecule has 0 aliphatic carbocycles. The van der Waals surface area contributed by atoms with Crippen LogP contribution in [0.15, 0.2) is 12.1 Å². The van der Waals surface area contributed by atoms with Crippen molar-refractivity contribution >= 4 is 34.6 Å². The molecule has 0 radical (unpaired) electrons. The highest BCUT2D eigenvalue weighted by Gasteiger charge is 2.07. The van der Waals surface area contributed by atoms with Crippen molar-refractivity contribution in [2.75, 3.05) is 11.9 Å². The summed E-state index contributed by atoms with van der Waals surface area (Å²) in [5, 5.41) is 16.7. The van der Waals surface area contributed by atoms with Gasteiger partial charge in [0.05, 0.1) is 0 Å². The number of phenols is 1. The lowest BCUT2D eigenvalue weighted by molar-refractivity contribution is 0.471. The van der Waals surface area contributed by atoms with E-state index in [0.717, 1.165) is 17.8 Å². The molecule has 0 spiro atoms. The van der Waals surface area contributed by atoms with Crippen LogP contribution in [0.4, 0.5) is 5.69 Å². The van der Waals surface area contributed by atoms with Gasteiger partial charge in [0.15, 0.2) is 5.11 Å². The Morgan fingerprint density at radius 1 is 1.47 bits per heavy atom. The summed E-state index contributed by atoms with van der Waals surface area (Å²) in [7, 11) is 0. The number of halogens is 1. The van der Waals surface area contributed by atoms with Gasteiger partial charge in [-0.15, -0.1) is 0 Å². The maximum atomic E-state index is 9.62. The second-order valence-electron chi connectivity index (χ2n) is 4.33. The largest absolute Gasteiger partial charge is 0.508 e. The van der Waals surface area contributed by atoms with Gasteiger partial charge in [-0.3, -0.25) is 0 Å². The first-order chi connectivity index (χ1) is 7.90. The van der Waals surface area contributed by atoms with E-state index in [1.807, 2.05) is 0 Å². The number of rotatable bonds is 3. The summed E-state index contributed by atoms with van der Waals surface area (Å²) in [6.45, 7) is 6.81. The zero-order valence-corrected chi connectivity index (χ0v) is 11.7. The number of hydrogen-bond donors (Lipinski definition) is 3. The number of hydrogen-bond acceptors (Lipinski definition) is 2. The Kier molecular flexibility index (Phi) is 5.02. The molecular formula is C12H17ClN2OS. The van der Waals surface area contributed by atoms with Crippen LogP contribution in [0.25, 0.3) is 0 Å². The van der Waals surface area contributed by atoms with E-state index >= 15 is 0 Å². The average molecular weight is 273 g/mol. The third-order valence-corrected chi connectivity index (χ3v) is 2.73. The van der Waals surface area contributed by atoms with Gasteiger partial charge in [0, 0.05) is 22.8 Å². The standard InChI is InChI=1S/C12H17ClN2OS/c1-7(2)6-14-12(17)15-10-4-9(13)5-11(16)8(10)3/h4-5,7,16H,6H2,1-3H3,(H2,14,15,17). The normalized spacial score (nSPS) is 10.4. The third kappa shape index (κ3) is 4.40. The second kappa shape index (κ2) is 6.07. The lowest BCUT2D eigenvalue weighted by Gasteiger charge is -2.14. The van der Waals surface area contributed by atoms with Gasteiger partial charge in [0.1, 0.15) is 5.75 Å². The molecule has 3 nitrogen and oxygen atoms in total. The maximum Gasteiger partial charge on any atom is 0.170 e. The van der Waals surface area contributed by atoms with Gasteiger partial charge < -0.3 is 15.7 Å². The molecule has 0 fully saturated rings. The van der Waals surface area contributed by atoms with E-state index < -0.39 is 0 Å². The first-order valence-corrected chi connectivity index (χ1v) is 6.22. The highest BCUT2D eigenvalue weighted by molar-refractivity contribution is 7.80. The lowest BCUT2D eigenvalue weighted by atomic mass is 10.2. The van der Waals surface area contributed by atoms with Crippen LogP contribution < -0.4 is 10.6 Å². The first-order valence-electron chi connectivity index (χ1n) is 5.44. The van der Waals surface area contributed by atoms with E-state index in [9.17, 15) is 5.11 Å². The van der Waals surface area contributed by atoms with Crippen LogP contribution in [0.1, 0.15) is 19.4 Å². The fourth-order valence-corrected chi connectivity index (χ4v) is 1.66. The predicted octanol–water partition coefficient (Wildman–Crippen LogP) is 3.30. The van der Waals surface area contributed by atoms with Crippen LogP contribution in [-0.2, 0) is 0 Å². The van der Waals surface area contributed by atoms with E-state index in [4.69, 9.17) is 23.8 Å². The molecule has 0 aliphatic rings. The summed E-state index contributed by atoms with van der Waals surface area (Å²) < 4.78 is 0. The number of benzene rings is 1. The Morgan fingerprint density at radius 2 is 2.12 bits per heavy atom. The van der Waals surface area contributed by atoms with Crippen molar-refractivity contribution in [1.82, 2.24) is 5.32 Å². The molecule has 1 aromatic rings. The van der Waals surface area contributed by atoms with Gasteiger partial charge in [0.25, 0.3) is 0 Å². The first kappa shape index (κ1) is 14.1. The number of nitrogens with one attached hydrogen (secondary N) is 2. The van der Waals surface area contributed by atoms with Crippen LogP contribution in [0, 0.1) is 12.8 Å². The molecule has 5 heteroatoms. The molecular weight excluding hydrogens is 256 g/mol. The molecule has 1 rings (SSSR count). The van der Waals surface area contributed by atoms with E-state index in [1.54, 1.807) is 13.0 Å². The Labute approximate surface area is 112 Å². The third-order valence-electron chi connectivity index (χ3n) is 2.26. The van der Waals surface area contributed by atoms with E-state index in [0.29, 0.717) is 16.1 Å². The molecule has 0 atom stereocenters. The molecule has 0 unspecified atom stereocenters. The van der Waals surface area contributed by atoms with Crippen molar-refractivity contribution in [2.45, 2.75) is 20.8 Å². The molecule has 94 valence electrons. The predicted molar refractivity (Wildman–Crippen MR) is 76.9 cm³/mol. The Balaban J connectivity index is 2.71. The monoisotopic (exact) mass is 272 g/mol. The highest BCUT2D eigenvalue weighted by atomic mass is 35.5. The zero-order valence-electron chi connectivity index (χ0n) is 10.2. The Morgan fingerprint density at radius 3 is 2.71 bits per heavy atom. The van der Waals surface area contributed by atoms with Crippen LogP contribution >= 0.6 is 23.8 Å². The van der Waals surface area contributed by atoms with Crippen LogP contribution in [0.3, 0.4) is 0 Å². The molecule has 0 heterocycles. The minimum atomic E-state index is 0.159. The van der Waals surface area contributed by atoms with Crippen LogP contribution in [0.2, 0.25) is 5.02 Å². The van der Waals surface area contributed by atoms with Crippen molar-refractivity contribution in [3.8, 4) is 5.75 Å². The summed E-state index contributed by atoms with van der Waals surface area (Å²) in [6.07, 6.45) is 0. The fraction of sp³-hybridized carbons (Fsp3) is 0.417. The molecule has 3 N–H and O–H groups in total. The molecule has 0 aliphatic heterocycles. The smallest absolute Gasteiger partial charge is 0.170 e. The SMILES string of the molecule is Cc1c(O)cc(Cl)cc1NC(=S)NCC(C)C. The molecule has 0 aromatic heterocycles. The molecule has 0 saturated heterocycles. The number of anilines is 1. The average Bonchev–Trinajstić information content (AvgIpc) is 2.22. The topological polar surface area (TPSA) is 44.3 Å². The van der Waals surface area contributed by atoms with Crippen molar-refractivity contribution in [3.63, 3.8) is 0 Å². The second-order valence-corrected chi connectivity index (χ2v) is 5.17. The molecule has 0 saturated carbocycles. The minimum absolute atomic E-state index is 0.159. The Hall–Kier alpha value is -1.00. The molecule has 0 amide bonds. The van der Waals surface area contributed by atoms with Gasteiger partial charge in [-0.05, 0) is 37.2 Å². The number of aromatic hydroxyl groups is 1. The quantitative estimate of drug-likeness (QED) is 0.739. The van der Waals surface area contributed by atoms with Crippen LogP contribution in [0.5, 0.6) is 5.75 Å². The van der Waals surface area contributed by atoms with Gasteiger partial charge >= 0.3 is 0 Å². The van der Waals surface area contributed by atoms with E-state index in [-0.39, 0.29) is 5.75 Å². The lowest BCUT2D eigenvalue weighted by Crippen LogP contribution is -2.31. The molecule has 17 heavy (non-hydrogen) atoms. The van der Waals surface area contributed by atoms with Gasteiger partial charge in [-0.1, -0.05) is 25.4 Å². The Bertz CT molecular complexity index is 421. The van der Waals surface area contributed by atoms with Crippen molar-refractivity contribution in [2.24, 2.45) is 5.92 Å². The summed E-state index contributed by atoms with van der Waals surface area (Å²) in [6, 6.07) is 3.24. The van der Waals surface area contributed by atoms with Crippen molar-refractivity contribution in [1.29, 1.82) is 0 Å². The van der Waals surface area contributed by atoms with Gasteiger partial charge in [0.2, 0.25) is 0 Å². The van der Waals surface area contributed by atoms with E-state index in [2.05, 4.69) is 24.5 Å². The van der Waals surface area contributed by atoms with Gasteiger partial charge in [-0.2, -0.15) is 0 Å². The summed E-state index contributed by atoms with van der Waals surface area (Å²) in [5.41, 5.74) is 1.44. The molecule has 1 aromatic carbocycles. The summed E-state index contributed by atoms with van der Waals surface area (Å²) in [4.78, 5) is 0. The fourth-order valence-electron chi connectivity index (χ4n) is 1.26. The highest BCUT2D eigenvalue weighted by Crippen LogP contribution is 2.29. The van der Waals surface area contributed by atoms with Crippen molar-refractivity contribution < 1.29 is 5.11 Å². The van der Waals surface area contributed by atoms with E-state index in [1.165, 1.54) is 6.07 Å². The number of phenolic OH excluding ortho intramolecular Hbond substituents is 1. The zero-order chi connectivity index (χ0) is 13.0. The van der Waals surface area contributed by atoms with Crippen LogP contribution in [-0.4, -0.2) is 16.8 Å². The summed E-state index contributed by atoms with van der Waals surface area (Å²) >= 11 is 11.0. The number of thiocarbonyl (C=S) groups is 1. The summed E-state index contributed by atoms with van der Waals surface area (Å²) in [5.74, 6) is 0.676.